The molecule has 0 radical (unpaired) electrons. The lowest BCUT2D eigenvalue weighted by atomic mass is 10.1. The molecule has 0 atom stereocenters. The number of hydrogen-bond acceptors (Lipinski definition) is 3. The summed E-state index contributed by atoms with van der Waals surface area (Å²) in [6, 6.07) is 3.97. The Kier molecular flexibility index (Phi) is 3.94. The van der Waals surface area contributed by atoms with Crippen LogP contribution in [0.15, 0.2) is 18.3 Å². The summed E-state index contributed by atoms with van der Waals surface area (Å²) in [6.45, 7) is 0. The van der Waals surface area contributed by atoms with E-state index < -0.39 is 0 Å². The van der Waals surface area contributed by atoms with Crippen molar-refractivity contribution < 1.29 is 4.74 Å². The van der Waals surface area contributed by atoms with Gasteiger partial charge >= 0.3 is 0 Å². The third kappa shape index (κ3) is 2.74. The lowest BCUT2D eigenvalue weighted by Gasteiger charge is -2.01. The second kappa shape index (κ2) is 5.04. The quantitative estimate of drug-likeness (QED) is 0.721. The van der Waals surface area contributed by atoms with E-state index in [9.17, 15) is 0 Å². The lowest BCUT2D eigenvalue weighted by molar-refractivity contribution is 0.397. The highest BCUT2D eigenvalue weighted by Crippen LogP contribution is 2.10. The number of pyridine rings is 1. The molecule has 0 N–H and O–H groups in total. The fourth-order valence-electron chi connectivity index (χ4n) is 1.00. The average molecular weight is 183 g/mol. The first-order chi connectivity index (χ1) is 5.86. The molecule has 0 aliphatic heterocycles. The molecule has 12 heavy (non-hydrogen) atoms. The number of methoxy groups -OCH3 is 1. The first-order valence-corrected chi connectivity index (χ1v) is 4.60. The fourth-order valence-corrected chi connectivity index (χ4v) is 1.16. The molecular formula is C9H13NOS. The predicted molar refractivity (Wildman–Crippen MR) is 53.0 cm³/mol. The van der Waals surface area contributed by atoms with Crippen LogP contribution in [0.2, 0.25) is 0 Å². The zero-order valence-electron chi connectivity index (χ0n) is 7.16. The summed E-state index contributed by atoms with van der Waals surface area (Å²) in [5, 5.41) is 0. The van der Waals surface area contributed by atoms with E-state index in [1.807, 2.05) is 12.1 Å². The average Bonchev–Trinajstić information content (AvgIpc) is 2.15. The number of ether oxygens (including phenoxy) is 1. The van der Waals surface area contributed by atoms with Gasteiger partial charge in [0, 0.05) is 12.3 Å². The lowest BCUT2D eigenvalue weighted by Crippen LogP contribution is -1.91. The monoisotopic (exact) mass is 183 g/mol. The van der Waals surface area contributed by atoms with Crippen molar-refractivity contribution in [1.29, 1.82) is 0 Å². The summed E-state index contributed by atoms with van der Waals surface area (Å²) >= 11 is 4.15. The summed E-state index contributed by atoms with van der Waals surface area (Å²) < 4.78 is 5.00. The molecule has 0 fully saturated rings. The van der Waals surface area contributed by atoms with Gasteiger partial charge in [0.15, 0.2) is 0 Å². The van der Waals surface area contributed by atoms with Gasteiger partial charge in [-0.05, 0) is 30.2 Å². The van der Waals surface area contributed by atoms with Crippen molar-refractivity contribution in [3.05, 3.63) is 23.9 Å². The van der Waals surface area contributed by atoms with Gasteiger partial charge in [-0.1, -0.05) is 0 Å². The van der Waals surface area contributed by atoms with Gasteiger partial charge in [0.25, 0.3) is 0 Å². The normalized spacial score (nSPS) is 9.83. The zero-order chi connectivity index (χ0) is 8.81. The Balaban J connectivity index is 2.60. The predicted octanol–water partition coefficient (Wildman–Crippen LogP) is 1.95. The van der Waals surface area contributed by atoms with E-state index in [0.29, 0.717) is 5.88 Å². The van der Waals surface area contributed by atoms with Crippen LogP contribution in [0.1, 0.15) is 12.0 Å². The molecule has 0 aromatic carbocycles. The Bertz CT molecular complexity index is 240. The Morgan fingerprint density at radius 2 is 2.42 bits per heavy atom. The van der Waals surface area contributed by atoms with Crippen molar-refractivity contribution >= 4 is 12.6 Å². The zero-order valence-corrected chi connectivity index (χ0v) is 8.05. The maximum atomic E-state index is 5.00. The second-order valence-corrected chi connectivity index (χ2v) is 2.98. The van der Waals surface area contributed by atoms with Crippen LogP contribution in [0, 0.1) is 0 Å². The summed E-state index contributed by atoms with van der Waals surface area (Å²) in [6.07, 6.45) is 3.91. The minimum Gasteiger partial charge on any atom is -0.481 e. The van der Waals surface area contributed by atoms with E-state index in [0.717, 1.165) is 18.6 Å². The van der Waals surface area contributed by atoms with Crippen molar-refractivity contribution in [1.82, 2.24) is 4.98 Å². The van der Waals surface area contributed by atoms with Gasteiger partial charge < -0.3 is 4.74 Å². The van der Waals surface area contributed by atoms with Crippen LogP contribution in [0.3, 0.4) is 0 Å². The molecule has 0 saturated carbocycles. The summed E-state index contributed by atoms with van der Waals surface area (Å²) in [4.78, 5) is 4.02. The Morgan fingerprint density at radius 3 is 3.08 bits per heavy atom. The van der Waals surface area contributed by atoms with Crippen LogP contribution in [0.4, 0.5) is 0 Å². The molecule has 2 nitrogen and oxygen atoms in total. The number of nitrogens with zero attached hydrogens (tertiary/aromatic N) is 1. The first-order valence-electron chi connectivity index (χ1n) is 3.96. The molecule has 0 saturated heterocycles. The molecule has 3 heteroatoms. The largest absolute Gasteiger partial charge is 0.481 e. The molecule has 0 unspecified atom stereocenters. The van der Waals surface area contributed by atoms with Crippen LogP contribution in [-0.4, -0.2) is 17.8 Å². The fraction of sp³-hybridized carbons (Fsp3) is 0.444. The molecule has 0 amide bonds. The van der Waals surface area contributed by atoms with Gasteiger partial charge in [-0.15, -0.1) is 0 Å². The van der Waals surface area contributed by atoms with E-state index in [1.54, 1.807) is 13.3 Å². The van der Waals surface area contributed by atoms with Crippen molar-refractivity contribution in [2.75, 3.05) is 12.9 Å². The summed E-state index contributed by atoms with van der Waals surface area (Å²) in [5.74, 6) is 1.61. The molecule has 1 heterocycles. The van der Waals surface area contributed by atoms with Gasteiger partial charge in [-0.25, -0.2) is 4.98 Å². The van der Waals surface area contributed by atoms with Gasteiger partial charge in [-0.3, -0.25) is 0 Å². The third-order valence-corrected chi connectivity index (χ3v) is 1.95. The molecule has 0 spiro atoms. The molecule has 0 aliphatic carbocycles. The number of aryl methyl sites for hydroxylation is 1. The van der Waals surface area contributed by atoms with Crippen LogP contribution in [0.25, 0.3) is 0 Å². The minimum absolute atomic E-state index is 0.687. The van der Waals surface area contributed by atoms with Crippen LogP contribution < -0.4 is 4.74 Å². The van der Waals surface area contributed by atoms with Gasteiger partial charge in [-0.2, -0.15) is 12.6 Å². The molecular weight excluding hydrogens is 170 g/mol. The highest BCUT2D eigenvalue weighted by molar-refractivity contribution is 7.80. The van der Waals surface area contributed by atoms with Crippen molar-refractivity contribution in [2.24, 2.45) is 0 Å². The van der Waals surface area contributed by atoms with E-state index in [-0.39, 0.29) is 0 Å². The number of hydrogen-bond donors (Lipinski definition) is 1. The topological polar surface area (TPSA) is 22.1 Å². The molecule has 0 aliphatic rings. The van der Waals surface area contributed by atoms with E-state index >= 15 is 0 Å². The van der Waals surface area contributed by atoms with Crippen molar-refractivity contribution in [3.8, 4) is 5.88 Å². The Morgan fingerprint density at radius 1 is 1.58 bits per heavy atom. The standard InChI is InChI=1S/C9H13NOS/c1-11-9-7-8(3-2-6-12)4-5-10-9/h4-5,7,12H,2-3,6H2,1H3. The number of aromatic nitrogens is 1. The van der Waals surface area contributed by atoms with Crippen molar-refractivity contribution in [3.63, 3.8) is 0 Å². The van der Waals surface area contributed by atoms with Crippen molar-refractivity contribution in [2.45, 2.75) is 12.8 Å². The molecule has 1 aromatic rings. The maximum absolute atomic E-state index is 5.00. The van der Waals surface area contributed by atoms with Crippen LogP contribution in [-0.2, 0) is 6.42 Å². The number of thiol groups is 1. The first kappa shape index (κ1) is 9.39. The SMILES string of the molecule is COc1cc(CCCS)ccn1. The highest BCUT2D eigenvalue weighted by atomic mass is 32.1. The summed E-state index contributed by atoms with van der Waals surface area (Å²) in [7, 11) is 1.63. The van der Waals surface area contributed by atoms with E-state index in [4.69, 9.17) is 4.74 Å². The smallest absolute Gasteiger partial charge is 0.213 e. The third-order valence-electron chi connectivity index (χ3n) is 1.63. The molecule has 1 rings (SSSR count). The van der Waals surface area contributed by atoms with Crippen LogP contribution in [0.5, 0.6) is 5.88 Å². The summed E-state index contributed by atoms with van der Waals surface area (Å²) in [5.41, 5.74) is 1.26. The molecule has 0 bridgehead atoms. The maximum Gasteiger partial charge on any atom is 0.213 e. The molecule has 1 aromatic heterocycles. The number of rotatable bonds is 4. The minimum atomic E-state index is 0.687. The molecule has 66 valence electrons. The van der Waals surface area contributed by atoms with E-state index in [1.165, 1.54) is 5.56 Å². The van der Waals surface area contributed by atoms with E-state index in [2.05, 4.69) is 17.6 Å². The Labute approximate surface area is 78.4 Å². The van der Waals surface area contributed by atoms with Gasteiger partial charge in [0.2, 0.25) is 5.88 Å². The van der Waals surface area contributed by atoms with Gasteiger partial charge in [0.1, 0.15) is 0 Å². The van der Waals surface area contributed by atoms with Gasteiger partial charge in [0.05, 0.1) is 7.11 Å². The Hall–Kier alpha value is -0.700. The second-order valence-electron chi connectivity index (χ2n) is 2.53. The van der Waals surface area contributed by atoms with Crippen LogP contribution >= 0.6 is 12.6 Å². The highest BCUT2D eigenvalue weighted by Gasteiger charge is 1.95.